The van der Waals surface area contributed by atoms with E-state index in [1.165, 1.54) is 6.08 Å². The Morgan fingerprint density at radius 1 is 1.35 bits per heavy atom. The number of methoxy groups -OCH3 is 1. The van der Waals surface area contributed by atoms with Gasteiger partial charge in [0.2, 0.25) is 5.91 Å². The van der Waals surface area contributed by atoms with Gasteiger partial charge in [-0.15, -0.1) is 0 Å². The smallest absolute Gasteiger partial charge is 0.244 e. The van der Waals surface area contributed by atoms with Gasteiger partial charge in [-0.1, -0.05) is 26.0 Å². The van der Waals surface area contributed by atoms with E-state index in [1.807, 2.05) is 24.3 Å². The van der Waals surface area contributed by atoms with Crippen molar-refractivity contribution >= 4 is 12.0 Å². The van der Waals surface area contributed by atoms with E-state index in [4.69, 9.17) is 10.5 Å². The van der Waals surface area contributed by atoms with Crippen LogP contribution in [0, 0.1) is 5.92 Å². The van der Waals surface area contributed by atoms with Crippen LogP contribution in [0.3, 0.4) is 0 Å². The number of carbonyl (C=O) groups excluding carboxylic acids is 1. The highest BCUT2D eigenvalue weighted by atomic mass is 16.5. The van der Waals surface area contributed by atoms with Crippen LogP contribution < -0.4 is 15.8 Å². The molecule has 110 valence electrons. The molecule has 0 saturated carbocycles. The van der Waals surface area contributed by atoms with Crippen molar-refractivity contribution in [2.75, 3.05) is 13.7 Å². The van der Waals surface area contributed by atoms with Crippen molar-refractivity contribution < 1.29 is 9.53 Å². The van der Waals surface area contributed by atoms with Crippen LogP contribution in [-0.2, 0) is 4.79 Å². The van der Waals surface area contributed by atoms with E-state index < -0.39 is 0 Å². The van der Waals surface area contributed by atoms with Gasteiger partial charge in [0.05, 0.1) is 7.11 Å². The molecule has 4 heteroatoms. The van der Waals surface area contributed by atoms with Gasteiger partial charge < -0.3 is 15.8 Å². The average Bonchev–Trinajstić information content (AvgIpc) is 2.44. The third-order valence-corrected chi connectivity index (χ3v) is 2.93. The van der Waals surface area contributed by atoms with Crippen LogP contribution in [0.2, 0.25) is 0 Å². The minimum absolute atomic E-state index is 0.0306. The van der Waals surface area contributed by atoms with Gasteiger partial charge in [0.25, 0.3) is 0 Å². The molecule has 20 heavy (non-hydrogen) atoms. The van der Waals surface area contributed by atoms with Crippen LogP contribution in [0.1, 0.15) is 25.8 Å². The minimum Gasteiger partial charge on any atom is -0.497 e. The molecule has 1 aromatic carbocycles. The van der Waals surface area contributed by atoms with Crippen molar-refractivity contribution in [2.24, 2.45) is 11.7 Å². The van der Waals surface area contributed by atoms with Crippen LogP contribution in [0.4, 0.5) is 0 Å². The SMILES string of the molecule is COc1ccc(C=CC(=O)NC(CN)CC(C)C)cc1. The van der Waals surface area contributed by atoms with E-state index in [0.29, 0.717) is 12.5 Å². The summed E-state index contributed by atoms with van der Waals surface area (Å²) in [6.45, 7) is 4.68. The molecule has 1 amide bonds. The summed E-state index contributed by atoms with van der Waals surface area (Å²) >= 11 is 0. The lowest BCUT2D eigenvalue weighted by atomic mass is 10.0. The summed E-state index contributed by atoms with van der Waals surface area (Å²) in [5.74, 6) is 1.19. The van der Waals surface area contributed by atoms with Crippen molar-refractivity contribution in [3.8, 4) is 5.75 Å². The van der Waals surface area contributed by atoms with Gasteiger partial charge in [-0.25, -0.2) is 0 Å². The van der Waals surface area contributed by atoms with Crippen LogP contribution in [-0.4, -0.2) is 25.6 Å². The standard InChI is InChI=1S/C16H24N2O2/c1-12(2)10-14(11-17)18-16(19)9-6-13-4-7-15(20-3)8-5-13/h4-9,12,14H,10-11,17H2,1-3H3,(H,18,19). The summed E-state index contributed by atoms with van der Waals surface area (Å²) in [5.41, 5.74) is 6.61. The summed E-state index contributed by atoms with van der Waals surface area (Å²) in [5, 5.41) is 2.92. The van der Waals surface area contributed by atoms with E-state index in [2.05, 4.69) is 19.2 Å². The second-order valence-electron chi connectivity index (χ2n) is 5.18. The average molecular weight is 276 g/mol. The highest BCUT2D eigenvalue weighted by Crippen LogP contribution is 2.12. The molecule has 0 aliphatic rings. The zero-order chi connectivity index (χ0) is 15.0. The molecule has 4 nitrogen and oxygen atoms in total. The first kappa shape index (κ1) is 16.2. The molecule has 0 spiro atoms. The number of amides is 1. The Bertz CT molecular complexity index is 438. The maximum absolute atomic E-state index is 11.8. The lowest BCUT2D eigenvalue weighted by Gasteiger charge is -2.17. The second kappa shape index (κ2) is 8.38. The van der Waals surface area contributed by atoms with E-state index in [-0.39, 0.29) is 11.9 Å². The molecule has 0 aromatic heterocycles. The lowest BCUT2D eigenvalue weighted by molar-refractivity contribution is -0.117. The first-order valence-electron chi connectivity index (χ1n) is 6.87. The summed E-state index contributed by atoms with van der Waals surface area (Å²) in [6, 6.07) is 7.55. The number of ether oxygens (including phenoxy) is 1. The van der Waals surface area contributed by atoms with Gasteiger partial charge in [-0.05, 0) is 36.1 Å². The summed E-state index contributed by atoms with van der Waals surface area (Å²) in [6.07, 6.45) is 4.20. The molecule has 1 atom stereocenters. The first-order chi connectivity index (χ1) is 9.55. The van der Waals surface area contributed by atoms with Crippen molar-refractivity contribution in [3.05, 3.63) is 35.9 Å². The van der Waals surface area contributed by atoms with Crippen LogP contribution in [0.15, 0.2) is 30.3 Å². The Kier molecular flexibility index (Phi) is 6.81. The van der Waals surface area contributed by atoms with E-state index in [0.717, 1.165) is 17.7 Å². The van der Waals surface area contributed by atoms with Gasteiger partial charge in [0.1, 0.15) is 5.75 Å². The predicted molar refractivity (Wildman–Crippen MR) is 82.5 cm³/mol. The molecule has 0 bridgehead atoms. The topological polar surface area (TPSA) is 64.3 Å². The first-order valence-corrected chi connectivity index (χ1v) is 6.87. The van der Waals surface area contributed by atoms with Gasteiger partial charge >= 0.3 is 0 Å². The molecule has 1 unspecified atom stereocenters. The lowest BCUT2D eigenvalue weighted by Crippen LogP contribution is -2.40. The number of nitrogens with one attached hydrogen (secondary N) is 1. The van der Waals surface area contributed by atoms with Crippen LogP contribution in [0.5, 0.6) is 5.75 Å². The molecule has 0 aliphatic carbocycles. The Hall–Kier alpha value is -1.81. The number of nitrogens with two attached hydrogens (primary N) is 1. The molecule has 0 saturated heterocycles. The highest BCUT2D eigenvalue weighted by Gasteiger charge is 2.10. The molecular weight excluding hydrogens is 252 g/mol. The third-order valence-electron chi connectivity index (χ3n) is 2.93. The quantitative estimate of drug-likeness (QED) is 0.750. The Morgan fingerprint density at radius 3 is 2.50 bits per heavy atom. The van der Waals surface area contributed by atoms with Crippen molar-refractivity contribution in [2.45, 2.75) is 26.3 Å². The Morgan fingerprint density at radius 2 is 2.00 bits per heavy atom. The van der Waals surface area contributed by atoms with E-state index in [9.17, 15) is 4.79 Å². The molecule has 1 rings (SSSR count). The summed E-state index contributed by atoms with van der Waals surface area (Å²) in [7, 11) is 1.62. The molecule has 0 aliphatic heterocycles. The normalized spacial score (nSPS) is 12.7. The predicted octanol–water partition coefficient (Wildman–Crippen LogP) is 2.20. The number of carbonyl (C=O) groups is 1. The number of rotatable bonds is 7. The fraction of sp³-hybridized carbons (Fsp3) is 0.438. The monoisotopic (exact) mass is 276 g/mol. The molecule has 0 heterocycles. The fourth-order valence-corrected chi connectivity index (χ4v) is 1.92. The molecular formula is C16H24N2O2. The molecule has 3 N–H and O–H groups in total. The summed E-state index contributed by atoms with van der Waals surface area (Å²) < 4.78 is 5.08. The number of benzene rings is 1. The molecule has 0 fully saturated rings. The van der Waals surface area contributed by atoms with Crippen molar-refractivity contribution in [1.82, 2.24) is 5.32 Å². The minimum atomic E-state index is -0.114. The van der Waals surface area contributed by atoms with Crippen molar-refractivity contribution in [3.63, 3.8) is 0 Å². The third kappa shape index (κ3) is 5.89. The summed E-state index contributed by atoms with van der Waals surface area (Å²) in [4.78, 5) is 11.8. The van der Waals surface area contributed by atoms with E-state index >= 15 is 0 Å². The van der Waals surface area contributed by atoms with Gasteiger partial charge in [0, 0.05) is 18.7 Å². The fourth-order valence-electron chi connectivity index (χ4n) is 1.92. The zero-order valence-corrected chi connectivity index (χ0v) is 12.4. The maximum Gasteiger partial charge on any atom is 0.244 e. The largest absolute Gasteiger partial charge is 0.497 e. The second-order valence-corrected chi connectivity index (χ2v) is 5.18. The maximum atomic E-state index is 11.8. The Labute approximate surface area is 121 Å². The molecule has 1 aromatic rings. The zero-order valence-electron chi connectivity index (χ0n) is 12.4. The van der Waals surface area contributed by atoms with Gasteiger partial charge in [0.15, 0.2) is 0 Å². The number of hydrogen-bond donors (Lipinski definition) is 2. The Balaban J connectivity index is 2.53. The van der Waals surface area contributed by atoms with Crippen LogP contribution >= 0.6 is 0 Å². The van der Waals surface area contributed by atoms with Crippen LogP contribution in [0.25, 0.3) is 6.08 Å². The van der Waals surface area contributed by atoms with Gasteiger partial charge in [-0.2, -0.15) is 0 Å². The van der Waals surface area contributed by atoms with E-state index in [1.54, 1.807) is 13.2 Å². The van der Waals surface area contributed by atoms with Gasteiger partial charge in [-0.3, -0.25) is 4.79 Å². The molecule has 0 radical (unpaired) electrons. The number of hydrogen-bond acceptors (Lipinski definition) is 3. The highest BCUT2D eigenvalue weighted by molar-refractivity contribution is 5.91. The van der Waals surface area contributed by atoms with Crippen molar-refractivity contribution in [1.29, 1.82) is 0 Å².